The van der Waals surface area contributed by atoms with Gasteiger partial charge in [0.25, 0.3) is 0 Å². The molecular weight excluding hydrogens is 379 g/mol. The summed E-state index contributed by atoms with van der Waals surface area (Å²) >= 11 is 0. The molecule has 1 aromatic heterocycles. The average molecular weight is 401 g/mol. The van der Waals surface area contributed by atoms with Crippen LogP contribution in [0.15, 0.2) is 60.7 Å². The fraction of sp³-hybridized carbons (Fsp3) is 0.318. The Morgan fingerprint density at radius 1 is 1.07 bits per heavy atom. The highest BCUT2D eigenvalue weighted by Gasteiger charge is 2.33. The van der Waals surface area contributed by atoms with Gasteiger partial charge < -0.3 is 10.1 Å². The van der Waals surface area contributed by atoms with E-state index in [0.29, 0.717) is 29.7 Å². The summed E-state index contributed by atoms with van der Waals surface area (Å²) in [5.41, 5.74) is 1.08. The number of nitrogens with zero attached hydrogens (tertiary/aromatic N) is 2. The number of para-hydroxylation sites is 1. The number of aromatic nitrogens is 1. The van der Waals surface area contributed by atoms with Crippen LogP contribution in [0.3, 0.4) is 0 Å². The Morgan fingerprint density at radius 2 is 1.83 bits per heavy atom. The number of morpholine rings is 1. The van der Waals surface area contributed by atoms with Crippen LogP contribution in [0.5, 0.6) is 0 Å². The molecule has 2 aromatic carbocycles. The average Bonchev–Trinajstić information content (AvgIpc) is 2.72. The molecule has 0 unspecified atom stereocenters. The van der Waals surface area contributed by atoms with Crippen LogP contribution in [0, 0.1) is 0 Å². The topological polar surface area (TPSA) is 37.4 Å². The lowest BCUT2D eigenvalue weighted by Crippen LogP contribution is -2.44. The summed E-state index contributed by atoms with van der Waals surface area (Å²) in [6.45, 7) is 3.41. The maximum atomic E-state index is 13.2. The highest BCUT2D eigenvalue weighted by atomic mass is 19.4. The van der Waals surface area contributed by atoms with E-state index in [-0.39, 0.29) is 6.10 Å². The van der Waals surface area contributed by atoms with E-state index in [1.54, 1.807) is 24.3 Å². The van der Waals surface area contributed by atoms with E-state index in [4.69, 9.17) is 4.74 Å². The molecule has 1 fully saturated rings. The van der Waals surface area contributed by atoms with Gasteiger partial charge in [-0.2, -0.15) is 13.2 Å². The summed E-state index contributed by atoms with van der Waals surface area (Å²) in [6, 6.07) is 18.1. The molecule has 3 aromatic rings. The van der Waals surface area contributed by atoms with Crippen molar-refractivity contribution in [3.63, 3.8) is 0 Å². The molecule has 0 saturated carbocycles. The van der Waals surface area contributed by atoms with Crippen LogP contribution < -0.4 is 5.32 Å². The Hall–Kier alpha value is -2.64. The predicted octanol–water partition coefficient (Wildman–Crippen LogP) is 4.57. The van der Waals surface area contributed by atoms with Gasteiger partial charge in [-0.25, -0.2) is 4.98 Å². The van der Waals surface area contributed by atoms with Crippen molar-refractivity contribution >= 4 is 16.6 Å². The van der Waals surface area contributed by atoms with Gasteiger partial charge >= 0.3 is 6.18 Å². The molecule has 4 nitrogen and oxygen atoms in total. The van der Waals surface area contributed by atoms with Crippen LogP contribution in [0.4, 0.5) is 18.9 Å². The van der Waals surface area contributed by atoms with Gasteiger partial charge in [-0.1, -0.05) is 48.5 Å². The molecule has 2 heterocycles. The first-order valence-electron chi connectivity index (χ1n) is 9.58. The number of nitrogens with one attached hydrogen (secondary N) is 1. The monoisotopic (exact) mass is 401 g/mol. The molecule has 0 radical (unpaired) electrons. The molecule has 0 amide bonds. The van der Waals surface area contributed by atoms with E-state index in [1.807, 2.05) is 18.2 Å². The minimum atomic E-state index is -4.49. The summed E-state index contributed by atoms with van der Waals surface area (Å²) in [5.74, 6) is 0. The summed E-state index contributed by atoms with van der Waals surface area (Å²) in [6.07, 6.45) is -4.59. The molecule has 152 valence electrons. The van der Waals surface area contributed by atoms with Crippen molar-refractivity contribution in [2.75, 3.05) is 31.6 Å². The van der Waals surface area contributed by atoms with E-state index >= 15 is 0 Å². The van der Waals surface area contributed by atoms with Gasteiger partial charge in [-0.3, -0.25) is 4.90 Å². The second kappa shape index (κ2) is 8.39. The molecule has 29 heavy (non-hydrogen) atoms. The number of hydrogen-bond acceptors (Lipinski definition) is 4. The molecule has 1 aliphatic heterocycles. The standard InChI is InChI=1S/C22H22F3N3O/c23-22(24,25)21-12-20(18-8-4-5-9-19(18)27-21)26-13-17-15-28(10-11-29-17)14-16-6-2-1-3-7-16/h1-9,12,17H,10-11,13-15H2,(H,26,27)/t17-/m1/s1. The molecule has 0 spiro atoms. The lowest BCUT2D eigenvalue weighted by atomic mass is 10.1. The fourth-order valence-electron chi connectivity index (χ4n) is 3.58. The summed E-state index contributed by atoms with van der Waals surface area (Å²) in [7, 11) is 0. The minimum absolute atomic E-state index is 0.103. The van der Waals surface area contributed by atoms with Crippen LogP contribution in [0.25, 0.3) is 10.9 Å². The zero-order valence-electron chi connectivity index (χ0n) is 15.8. The molecule has 7 heteroatoms. The molecule has 1 aliphatic rings. The van der Waals surface area contributed by atoms with Gasteiger partial charge in [0, 0.05) is 37.3 Å². The van der Waals surface area contributed by atoms with E-state index in [2.05, 4.69) is 27.3 Å². The quantitative estimate of drug-likeness (QED) is 0.680. The third-order valence-electron chi connectivity index (χ3n) is 5.00. The molecule has 4 rings (SSSR count). The molecule has 1 N–H and O–H groups in total. The summed E-state index contributed by atoms with van der Waals surface area (Å²) in [5, 5.41) is 3.83. The number of ether oxygens (including phenoxy) is 1. The molecule has 0 aliphatic carbocycles. The Bertz CT molecular complexity index is 962. The van der Waals surface area contributed by atoms with Crippen molar-refractivity contribution in [2.45, 2.75) is 18.8 Å². The Labute approximate surface area is 167 Å². The number of fused-ring (bicyclic) bond motifs is 1. The minimum Gasteiger partial charge on any atom is -0.382 e. The first-order valence-corrected chi connectivity index (χ1v) is 9.58. The fourth-order valence-corrected chi connectivity index (χ4v) is 3.58. The maximum absolute atomic E-state index is 13.2. The Kier molecular flexibility index (Phi) is 5.69. The first-order chi connectivity index (χ1) is 14.0. The second-order valence-electron chi connectivity index (χ2n) is 7.16. The van der Waals surface area contributed by atoms with E-state index in [1.165, 1.54) is 5.56 Å². The van der Waals surface area contributed by atoms with Crippen molar-refractivity contribution in [3.05, 3.63) is 71.9 Å². The Balaban J connectivity index is 1.46. The van der Waals surface area contributed by atoms with Crippen molar-refractivity contribution in [1.29, 1.82) is 0 Å². The van der Waals surface area contributed by atoms with Gasteiger partial charge in [0.15, 0.2) is 0 Å². The van der Waals surface area contributed by atoms with Crippen molar-refractivity contribution in [1.82, 2.24) is 9.88 Å². The SMILES string of the molecule is FC(F)(F)c1cc(NC[C@@H]2CN(Cc3ccccc3)CCO2)c2ccccc2n1. The molecule has 1 atom stereocenters. The number of hydrogen-bond donors (Lipinski definition) is 1. The van der Waals surface area contributed by atoms with Crippen LogP contribution in [-0.4, -0.2) is 42.2 Å². The van der Waals surface area contributed by atoms with Gasteiger partial charge in [-0.15, -0.1) is 0 Å². The smallest absolute Gasteiger partial charge is 0.382 e. The van der Waals surface area contributed by atoms with Gasteiger partial charge in [0.2, 0.25) is 0 Å². The van der Waals surface area contributed by atoms with Gasteiger partial charge in [0.05, 0.1) is 18.2 Å². The predicted molar refractivity (Wildman–Crippen MR) is 107 cm³/mol. The van der Waals surface area contributed by atoms with Gasteiger partial charge in [0.1, 0.15) is 5.69 Å². The number of rotatable bonds is 5. The lowest BCUT2D eigenvalue weighted by molar-refractivity contribution is -0.140. The highest BCUT2D eigenvalue weighted by Crippen LogP contribution is 2.33. The Morgan fingerprint density at radius 3 is 2.62 bits per heavy atom. The largest absolute Gasteiger partial charge is 0.433 e. The van der Waals surface area contributed by atoms with Crippen LogP contribution in [-0.2, 0) is 17.5 Å². The highest BCUT2D eigenvalue weighted by molar-refractivity contribution is 5.91. The maximum Gasteiger partial charge on any atom is 0.433 e. The van der Waals surface area contributed by atoms with Crippen molar-refractivity contribution in [3.8, 4) is 0 Å². The number of benzene rings is 2. The van der Waals surface area contributed by atoms with Crippen LogP contribution in [0.2, 0.25) is 0 Å². The van der Waals surface area contributed by atoms with Crippen molar-refractivity contribution in [2.24, 2.45) is 0 Å². The normalized spacial score (nSPS) is 18.1. The number of pyridine rings is 1. The van der Waals surface area contributed by atoms with Gasteiger partial charge in [-0.05, 0) is 17.7 Å². The van der Waals surface area contributed by atoms with Crippen LogP contribution >= 0.6 is 0 Å². The number of anilines is 1. The molecular formula is C22H22F3N3O. The number of halogens is 3. The first kappa shape index (κ1) is 19.7. The summed E-state index contributed by atoms with van der Waals surface area (Å²) in [4.78, 5) is 6.06. The van der Waals surface area contributed by atoms with Crippen LogP contribution in [0.1, 0.15) is 11.3 Å². The zero-order valence-corrected chi connectivity index (χ0v) is 15.8. The molecule has 0 bridgehead atoms. The van der Waals surface area contributed by atoms with Crippen molar-refractivity contribution < 1.29 is 17.9 Å². The number of alkyl halides is 3. The third kappa shape index (κ3) is 4.86. The molecule has 1 saturated heterocycles. The zero-order chi connectivity index (χ0) is 20.3. The summed E-state index contributed by atoms with van der Waals surface area (Å²) < 4.78 is 45.5. The van der Waals surface area contributed by atoms with E-state index in [0.717, 1.165) is 25.7 Å². The lowest BCUT2D eigenvalue weighted by Gasteiger charge is -2.33. The van der Waals surface area contributed by atoms with E-state index in [9.17, 15) is 13.2 Å². The third-order valence-corrected chi connectivity index (χ3v) is 5.00. The van der Waals surface area contributed by atoms with E-state index < -0.39 is 11.9 Å². The second-order valence-corrected chi connectivity index (χ2v) is 7.16.